The van der Waals surface area contributed by atoms with Gasteiger partial charge in [-0.3, -0.25) is 9.79 Å². The number of rotatable bonds is 5. The number of aliphatic imine (C=N–C) groups is 1. The summed E-state index contributed by atoms with van der Waals surface area (Å²) in [6, 6.07) is 7.24. The molecule has 0 radical (unpaired) electrons. The summed E-state index contributed by atoms with van der Waals surface area (Å²) in [7, 11) is 0. The van der Waals surface area contributed by atoms with Gasteiger partial charge in [0, 0.05) is 18.5 Å². The standard InChI is InChI=1S/C14H18N2O2.ClH/c1-2-18-12-7-5-11(6-8-12)13(17)10-16-14-4-3-9-15-14;/h5-8H,2-4,9-10H2,1H3,(H,15,16);1H/p-1. The zero-order valence-electron chi connectivity index (χ0n) is 11.0. The highest BCUT2D eigenvalue weighted by molar-refractivity contribution is 6.00. The van der Waals surface area contributed by atoms with Crippen molar-refractivity contribution in [2.24, 2.45) is 4.99 Å². The smallest absolute Gasteiger partial charge is 0.181 e. The molecule has 0 aliphatic carbocycles. The van der Waals surface area contributed by atoms with Gasteiger partial charge in [-0.05, 0) is 37.6 Å². The lowest BCUT2D eigenvalue weighted by molar-refractivity contribution is -0.0000120. The molecule has 0 atom stereocenters. The Hall–Kier alpha value is -1.55. The lowest BCUT2D eigenvalue weighted by atomic mass is 10.1. The molecule has 1 aliphatic heterocycles. The highest BCUT2D eigenvalue weighted by atomic mass is 35.5. The van der Waals surface area contributed by atoms with Crippen molar-refractivity contribution in [2.45, 2.75) is 19.8 Å². The van der Waals surface area contributed by atoms with Gasteiger partial charge in [0.1, 0.15) is 5.75 Å². The Kier molecular flexibility index (Phi) is 6.36. The van der Waals surface area contributed by atoms with Crippen LogP contribution in [0, 0.1) is 0 Å². The lowest BCUT2D eigenvalue weighted by Crippen LogP contribution is -3.00. The van der Waals surface area contributed by atoms with Gasteiger partial charge in [-0.2, -0.15) is 0 Å². The van der Waals surface area contributed by atoms with Crippen LogP contribution in [0.15, 0.2) is 29.3 Å². The van der Waals surface area contributed by atoms with E-state index in [1.165, 1.54) is 0 Å². The number of nitrogens with zero attached hydrogens (tertiary/aromatic N) is 1. The highest BCUT2D eigenvalue weighted by Crippen LogP contribution is 2.12. The predicted octanol–water partition coefficient (Wildman–Crippen LogP) is -0.946. The van der Waals surface area contributed by atoms with E-state index in [-0.39, 0.29) is 18.2 Å². The second-order valence-electron chi connectivity index (χ2n) is 4.17. The van der Waals surface area contributed by atoms with Crippen LogP contribution in [0.2, 0.25) is 0 Å². The quantitative estimate of drug-likeness (QED) is 0.709. The summed E-state index contributed by atoms with van der Waals surface area (Å²) < 4.78 is 5.34. The van der Waals surface area contributed by atoms with E-state index < -0.39 is 0 Å². The molecule has 0 aromatic heterocycles. The summed E-state index contributed by atoms with van der Waals surface area (Å²) in [4.78, 5) is 16.2. The second-order valence-corrected chi connectivity index (χ2v) is 4.17. The SMILES string of the molecule is CCOc1ccc(C(=O)CNC2=NCCC2)cc1.[Cl-]. The van der Waals surface area contributed by atoms with Crippen LogP contribution in [0.25, 0.3) is 0 Å². The summed E-state index contributed by atoms with van der Waals surface area (Å²) in [5.41, 5.74) is 0.699. The summed E-state index contributed by atoms with van der Waals surface area (Å²) in [5, 5.41) is 3.09. The molecule has 0 amide bonds. The van der Waals surface area contributed by atoms with E-state index in [0.717, 1.165) is 31.0 Å². The first-order valence-corrected chi connectivity index (χ1v) is 6.33. The molecule has 0 bridgehead atoms. The number of nitrogens with one attached hydrogen (secondary N) is 1. The minimum Gasteiger partial charge on any atom is -1.00 e. The molecule has 104 valence electrons. The van der Waals surface area contributed by atoms with Crippen LogP contribution in [-0.2, 0) is 0 Å². The second kappa shape index (κ2) is 7.79. The van der Waals surface area contributed by atoms with Crippen LogP contribution in [0.5, 0.6) is 5.75 Å². The Morgan fingerprint density at radius 1 is 1.37 bits per heavy atom. The molecule has 0 unspecified atom stereocenters. The van der Waals surface area contributed by atoms with E-state index in [9.17, 15) is 4.79 Å². The van der Waals surface area contributed by atoms with Crippen LogP contribution in [0.4, 0.5) is 0 Å². The van der Waals surface area contributed by atoms with E-state index in [1.807, 2.05) is 19.1 Å². The number of carbonyl (C=O) groups excluding carboxylic acids is 1. The van der Waals surface area contributed by atoms with E-state index in [0.29, 0.717) is 18.7 Å². The van der Waals surface area contributed by atoms with E-state index in [1.54, 1.807) is 12.1 Å². The number of ether oxygens (including phenoxy) is 1. The zero-order valence-corrected chi connectivity index (χ0v) is 11.7. The Morgan fingerprint density at radius 2 is 2.11 bits per heavy atom. The molecular weight excluding hydrogens is 264 g/mol. The molecule has 0 saturated heterocycles. The first-order valence-electron chi connectivity index (χ1n) is 6.33. The van der Waals surface area contributed by atoms with Gasteiger partial charge in [-0.1, -0.05) is 0 Å². The van der Waals surface area contributed by atoms with Gasteiger partial charge in [0.15, 0.2) is 5.78 Å². The third kappa shape index (κ3) is 4.56. The van der Waals surface area contributed by atoms with E-state index >= 15 is 0 Å². The van der Waals surface area contributed by atoms with Crippen molar-refractivity contribution in [3.63, 3.8) is 0 Å². The van der Waals surface area contributed by atoms with Crippen molar-refractivity contribution in [3.8, 4) is 5.75 Å². The summed E-state index contributed by atoms with van der Waals surface area (Å²) in [5.74, 6) is 1.82. The average Bonchev–Trinajstić information content (AvgIpc) is 2.90. The maximum atomic E-state index is 11.9. The minimum atomic E-state index is 0. The maximum Gasteiger partial charge on any atom is 0.181 e. The zero-order chi connectivity index (χ0) is 12.8. The number of ketones is 1. The van der Waals surface area contributed by atoms with Gasteiger partial charge in [-0.15, -0.1) is 0 Å². The number of Topliss-reactive ketones (excluding diaryl/α,β-unsaturated/α-hetero) is 1. The van der Waals surface area contributed by atoms with Crippen LogP contribution in [0.1, 0.15) is 30.1 Å². The van der Waals surface area contributed by atoms with Crippen LogP contribution in [0.3, 0.4) is 0 Å². The number of halogens is 1. The molecular formula is C14H18ClN2O2-. The fourth-order valence-electron chi connectivity index (χ4n) is 1.87. The van der Waals surface area contributed by atoms with Crippen molar-refractivity contribution in [3.05, 3.63) is 29.8 Å². The molecule has 0 spiro atoms. The molecule has 0 fully saturated rings. The van der Waals surface area contributed by atoms with Crippen molar-refractivity contribution >= 4 is 11.6 Å². The van der Waals surface area contributed by atoms with Crippen molar-refractivity contribution in [2.75, 3.05) is 19.7 Å². The molecule has 1 heterocycles. The molecule has 0 saturated carbocycles. The first kappa shape index (κ1) is 15.5. The van der Waals surface area contributed by atoms with E-state index in [4.69, 9.17) is 4.74 Å². The molecule has 4 nitrogen and oxygen atoms in total. The summed E-state index contributed by atoms with van der Waals surface area (Å²) >= 11 is 0. The molecule has 5 heteroatoms. The molecule has 1 aromatic rings. The van der Waals surface area contributed by atoms with Gasteiger partial charge in [0.05, 0.1) is 19.0 Å². The fourth-order valence-corrected chi connectivity index (χ4v) is 1.87. The molecule has 1 aromatic carbocycles. The topological polar surface area (TPSA) is 50.7 Å². The Balaban J connectivity index is 0.00000180. The van der Waals surface area contributed by atoms with Crippen LogP contribution >= 0.6 is 0 Å². The van der Waals surface area contributed by atoms with Crippen LogP contribution < -0.4 is 22.5 Å². The monoisotopic (exact) mass is 281 g/mol. The van der Waals surface area contributed by atoms with Gasteiger partial charge in [0.25, 0.3) is 0 Å². The lowest BCUT2D eigenvalue weighted by Gasteiger charge is -2.06. The Labute approximate surface area is 119 Å². The maximum absolute atomic E-state index is 11.9. The third-order valence-corrected chi connectivity index (χ3v) is 2.81. The van der Waals surface area contributed by atoms with Gasteiger partial charge in [0.2, 0.25) is 0 Å². The Bertz CT molecular complexity index is 443. The normalized spacial score (nSPS) is 13.4. The number of amidine groups is 1. The van der Waals surface area contributed by atoms with Crippen molar-refractivity contribution < 1.29 is 21.9 Å². The number of carbonyl (C=O) groups is 1. The van der Waals surface area contributed by atoms with Gasteiger partial charge in [-0.25, -0.2) is 0 Å². The van der Waals surface area contributed by atoms with Crippen molar-refractivity contribution in [1.29, 1.82) is 0 Å². The number of hydrogen-bond donors (Lipinski definition) is 1. The fraction of sp³-hybridized carbons (Fsp3) is 0.429. The summed E-state index contributed by atoms with van der Waals surface area (Å²) in [6.07, 6.45) is 2.04. The molecule has 2 rings (SSSR count). The molecule has 19 heavy (non-hydrogen) atoms. The minimum absolute atomic E-state index is 0. The van der Waals surface area contributed by atoms with Gasteiger partial charge >= 0.3 is 0 Å². The molecule has 1 aliphatic rings. The van der Waals surface area contributed by atoms with Crippen LogP contribution in [-0.4, -0.2) is 31.3 Å². The largest absolute Gasteiger partial charge is 1.00 e. The third-order valence-electron chi connectivity index (χ3n) is 2.81. The number of benzene rings is 1. The number of hydrogen-bond acceptors (Lipinski definition) is 4. The first-order chi connectivity index (χ1) is 8.79. The summed E-state index contributed by atoms with van der Waals surface area (Å²) in [6.45, 7) is 3.76. The van der Waals surface area contributed by atoms with Crippen molar-refractivity contribution in [1.82, 2.24) is 5.32 Å². The predicted molar refractivity (Wildman–Crippen MR) is 71.5 cm³/mol. The van der Waals surface area contributed by atoms with E-state index in [2.05, 4.69) is 10.3 Å². The average molecular weight is 282 g/mol. The highest BCUT2D eigenvalue weighted by Gasteiger charge is 2.09. The Morgan fingerprint density at radius 3 is 2.68 bits per heavy atom. The molecule has 1 N–H and O–H groups in total. The van der Waals surface area contributed by atoms with Gasteiger partial charge < -0.3 is 22.5 Å².